The Morgan fingerprint density at radius 1 is 1.10 bits per heavy atom. The van der Waals surface area contributed by atoms with E-state index in [1.807, 2.05) is 17.1 Å². The third-order valence-corrected chi connectivity index (χ3v) is 5.41. The summed E-state index contributed by atoms with van der Waals surface area (Å²) in [5.74, 6) is 0. The summed E-state index contributed by atoms with van der Waals surface area (Å²) in [5, 5.41) is 5.10. The lowest BCUT2D eigenvalue weighted by molar-refractivity contribution is 0.200. The molecule has 0 aromatic heterocycles. The van der Waals surface area contributed by atoms with Crippen molar-refractivity contribution in [3.05, 3.63) is 23.8 Å². The number of piperidine rings is 1. The summed E-state index contributed by atoms with van der Waals surface area (Å²) in [6, 6.07) is 5.47. The van der Waals surface area contributed by atoms with E-state index in [0.29, 0.717) is 4.90 Å². The summed E-state index contributed by atoms with van der Waals surface area (Å²) in [5.41, 5.74) is 1.88. The fourth-order valence-electron chi connectivity index (χ4n) is 2.93. The van der Waals surface area contributed by atoms with Crippen LogP contribution in [0.2, 0.25) is 0 Å². The molecule has 3 rings (SSSR count). The smallest absolute Gasteiger partial charge is 0.253 e. The first-order valence-corrected chi connectivity index (χ1v) is 8.78. The number of benzene rings is 1. The van der Waals surface area contributed by atoms with Gasteiger partial charge < -0.3 is 5.32 Å². The predicted molar refractivity (Wildman–Crippen MR) is 79.0 cm³/mol. The van der Waals surface area contributed by atoms with Gasteiger partial charge >= 0.3 is 0 Å². The van der Waals surface area contributed by atoms with Gasteiger partial charge in [-0.2, -0.15) is 0 Å². The molecular weight excluding hydrogens is 274 g/mol. The SMILES string of the molecule is O=S(=O)(NN1CCCCC1)c1cccc2c1CCCN2. The molecule has 0 saturated carbocycles. The number of nitrogens with one attached hydrogen (secondary N) is 2. The van der Waals surface area contributed by atoms with Crippen LogP contribution in [0.25, 0.3) is 0 Å². The van der Waals surface area contributed by atoms with Gasteiger partial charge in [-0.3, -0.25) is 0 Å². The minimum Gasteiger partial charge on any atom is -0.385 e. The van der Waals surface area contributed by atoms with Crippen LogP contribution in [0.4, 0.5) is 5.69 Å². The summed E-state index contributed by atoms with van der Waals surface area (Å²) in [6.07, 6.45) is 5.08. The first-order chi connectivity index (χ1) is 9.67. The van der Waals surface area contributed by atoms with Gasteiger partial charge in [-0.05, 0) is 43.4 Å². The maximum absolute atomic E-state index is 12.6. The van der Waals surface area contributed by atoms with Crippen molar-refractivity contribution in [1.82, 2.24) is 9.84 Å². The monoisotopic (exact) mass is 295 g/mol. The molecule has 2 aliphatic heterocycles. The van der Waals surface area contributed by atoms with Crippen LogP contribution < -0.4 is 10.1 Å². The Kier molecular flexibility index (Phi) is 3.96. The molecule has 0 spiro atoms. The molecule has 2 aliphatic rings. The van der Waals surface area contributed by atoms with E-state index in [0.717, 1.165) is 56.6 Å². The van der Waals surface area contributed by atoms with E-state index < -0.39 is 10.0 Å². The Morgan fingerprint density at radius 2 is 1.90 bits per heavy atom. The molecule has 6 heteroatoms. The Hall–Kier alpha value is -1.11. The highest BCUT2D eigenvalue weighted by Crippen LogP contribution is 2.28. The Labute approximate surface area is 120 Å². The number of hydrazine groups is 1. The van der Waals surface area contributed by atoms with Gasteiger partial charge in [-0.15, -0.1) is 4.83 Å². The Bertz CT molecular complexity index is 580. The van der Waals surface area contributed by atoms with Crippen molar-refractivity contribution in [2.75, 3.05) is 25.0 Å². The van der Waals surface area contributed by atoms with Crippen LogP contribution in [0.5, 0.6) is 0 Å². The maximum atomic E-state index is 12.6. The second-order valence-electron chi connectivity index (χ2n) is 5.46. The predicted octanol–water partition coefficient (Wildman–Crippen LogP) is 1.72. The molecule has 1 aromatic rings. The molecule has 0 aliphatic carbocycles. The molecule has 1 aromatic carbocycles. The average Bonchev–Trinajstić information content (AvgIpc) is 2.47. The van der Waals surface area contributed by atoms with Crippen LogP contribution in [-0.4, -0.2) is 33.1 Å². The summed E-state index contributed by atoms with van der Waals surface area (Å²) < 4.78 is 25.2. The second-order valence-corrected chi connectivity index (χ2v) is 7.08. The van der Waals surface area contributed by atoms with Gasteiger partial charge in [0, 0.05) is 25.3 Å². The van der Waals surface area contributed by atoms with E-state index in [9.17, 15) is 8.42 Å². The van der Waals surface area contributed by atoms with Crippen LogP contribution in [0, 0.1) is 0 Å². The number of sulfonamides is 1. The lowest BCUT2D eigenvalue weighted by Gasteiger charge is -2.28. The molecule has 2 N–H and O–H groups in total. The molecule has 0 amide bonds. The number of nitrogens with zero attached hydrogens (tertiary/aromatic N) is 1. The molecule has 20 heavy (non-hydrogen) atoms. The number of anilines is 1. The minimum atomic E-state index is -3.47. The summed E-state index contributed by atoms with van der Waals surface area (Å²) in [4.78, 5) is 3.16. The third kappa shape index (κ3) is 2.82. The van der Waals surface area contributed by atoms with Crippen LogP contribution >= 0.6 is 0 Å². The molecular formula is C14H21N3O2S. The van der Waals surface area contributed by atoms with Crippen LogP contribution in [0.3, 0.4) is 0 Å². The van der Waals surface area contributed by atoms with Crippen LogP contribution in [0.1, 0.15) is 31.2 Å². The standard InChI is InChI=1S/C14H21N3O2S/c18-20(19,16-17-10-2-1-3-11-17)14-8-4-7-13-12(14)6-5-9-15-13/h4,7-8,15-16H,1-3,5-6,9-11H2. The summed E-state index contributed by atoms with van der Waals surface area (Å²) in [7, 11) is -3.47. The molecule has 0 bridgehead atoms. The Balaban J connectivity index is 1.87. The molecule has 0 radical (unpaired) electrons. The van der Waals surface area contributed by atoms with E-state index in [2.05, 4.69) is 10.1 Å². The van der Waals surface area contributed by atoms with Gasteiger partial charge in [0.05, 0.1) is 4.90 Å². The molecule has 5 nitrogen and oxygen atoms in total. The van der Waals surface area contributed by atoms with Gasteiger partial charge in [0.1, 0.15) is 0 Å². The van der Waals surface area contributed by atoms with E-state index in [1.165, 1.54) is 6.42 Å². The lowest BCUT2D eigenvalue weighted by Crippen LogP contribution is -2.45. The molecule has 1 fully saturated rings. The highest BCUT2D eigenvalue weighted by molar-refractivity contribution is 7.89. The van der Waals surface area contributed by atoms with Gasteiger partial charge in [-0.25, -0.2) is 13.4 Å². The first kappa shape index (κ1) is 13.9. The van der Waals surface area contributed by atoms with Crippen molar-refractivity contribution >= 4 is 15.7 Å². The van der Waals surface area contributed by atoms with E-state index in [1.54, 1.807) is 6.07 Å². The highest BCUT2D eigenvalue weighted by atomic mass is 32.2. The Morgan fingerprint density at radius 3 is 2.70 bits per heavy atom. The van der Waals surface area contributed by atoms with Crippen molar-refractivity contribution in [1.29, 1.82) is 0 Å². The van der Waals surface area contributed by atoms with E-state index >= 15 is 0 Å². The third-order valence-electron chi connectivity index (χ3n) is 3.95. The molecule has 0 unspecified atom stereocenters. The molecule has 1 saturated heterocycles. The van der Waals surface area contributed by atoms with E-state index in [-0.39, 0.29) is 0 Å². The van der Waals surface area contributed by atoms with Crippen molar-refractivity contribution in [2.45, 2.75) is 37.0 Å². The van der Waals surface area contributed by atoms with Crippen LogP contribution in [0.15, 0.2) is 23.1 Å². The van der Waals surface area contributed by atoms with Crippen LogP contribution in [-0.2, 0) is 16.4 Å². The highest BCUT2D eigenvalue weighted by Gasteiger charge is 2.24. The quantitative estimate of drug-likeness (QED) is 0.891. The van der Waals surface area contributed by atoms with Gasteiger partial charge in [0.15, 0.2) is 0 Å². The lowest BCUT2D eigenvalue weighted by atomic mass is 10.0. The first-order valence-electron chi connectivity index (χ1n) is 7.30. The number of fused-ring (bicyclic) bond motifs is 1. The van der Waals surface area contributed by atoms with Crippen molar-refractivity contribution < 1.29 is 8.42 Å². The molecule has 0 atom stereocenters. The number of hydrogen-bond acceptors (Lipinski definition) is 4. The maximum Gasteiger partial charge on any atom is 0.253 e. The zero-order valence-corrected chi connectivity index (χ0v) is 12.4. The van der Waals surface area contributed by atoms with E-state index in [4.69, 9.17) is 0 Å². The van der Waals surface area contributed by atoms with Gasteiger partial charge in [0.2, 0.25) is 0 Å². The van der Waals surface area contributed by atoms with Crippen molar-refractivity contribution in [3.8, 4) is 0 Å². The summed E-state index contributed by atoms with van der Waals surface area (Å²) >= 11 is 0. The zero-order valence-electron chi connectivity index (χ0n) is 11.6. The molecule has 2 heterocycles. The minimum absolute atomic E-state index is 0.424. The second kappa shape index (κ2) is 5.71. The molecule has 110 valence electrons. The van der Waals surface area contributed by atoms with Crippen molar-refractivity contribution in [3.63, 3.8) is 0 Å². The fourth-order valence-corrected chi connectivity index (χ4v) is 4.35. The zero-order chi connectivity index (χ0) is 14.0. The fraction of sp³-hybridized carbons (Fsp3) is 0.571. The van der Waals surface area contributed by atoms with Crippen molar-refractivity contribution in [2.24, 2.45) is 0 Å². The summed E-state index contributed by atoms with van der Waals surface area (Å²) in [6.45, 7) is 2.51. The van der Waals surface area contributed by atoms with Gasteiger partial charge in [-0.1, -0.05) is 12.5 Å². The largest absolute Gasteiger partial charge is 0.385 e. The average molecular weight is 295 g/mol. The number of hydrogen-bond donors (Lipinski definition) is 2. The normalized spacial score (nSPS) is 20.2. The topological polar surface area (TPSA) is 61.4 Å². The van der Waals surface area contributed by atoms with Gasteiger partial charge in [0.25, 0.3) is 10.0 Å². The number of rotatable bonds is 3.